The predicted molar refractivity (Wildman–Crippen MR) is 112 cm³/mol. The standard InChI is InChI=1S/C21H26ClN3O2/c1-4-5-14-24(2)17-12-10-16(11-13-17)21(27)25(3)15-20(26)23-19-9-7-6-8-18(19)22/h6-13H,4-5,14-15H2,1-3H3,(H,23,26). The second-order valence-corrected chi connectivity index (χ2v) is 6.92. The number of para-hydroxylation sites is 1. The summed E-state index contributed by atoms with van der Waals surface area (Å²) in [6.45, 7) is 3.08. The molecule has 2 aromatic rings. The van der Waals surface area contributed by atoms with Crippen LogP contribution in [-0.4, -0.2) is 43.9 Å². The van der Waals surface area contributed by atoms with Crippen LogP contribution in [0.5, 0.6) is 0 Å². The molecule has 0 saturated carbocycles. The van der Waals surface area contributed by atoms with Crippen molar-refractivity contribution in [2.75, 3.05) is 37.4 Å². The van der Waals surface area contributed by atoms with Crippen LogP contribution in [0.4, 0.5) is 11.4 Å². The highest BCUT2D eigenvalue weighted by Crippen LogP contribution is 2.20. The number of carbonyl (C=O) groups is 2. The molecule has 2 aromatic carbocycles. The number of hydrogen-bond acceptors (Lipinski definition) is 3. The van der Waals surface area contributed by atoms with Crippen molar-refractivity contribution in [1.29, 1.82) is 0 Å². The van der Waals surface area contributed by atoms with Crippen LogP contribution in [0.2, 0.25) is 5.02 Å². The minimum atomic E-state index is -0.296. The number of halogens is 1. The van der Waals surface area contributed by atoms with E-state index in [4.69, 9.17) is 11.6 Å². The summed E-state index contributed by atoms with van der Waals surface area (Å²) in [6.07, 6.45) is 2.27. The molecule has 0 aliphatic heterocycles. The number of rotatable bonds is 8. The van der Waals surface area contributed by atoms with E-state index in [2.05, 4.69) is 17.1 Å². The second kappa shape index (κ2) is 9.97. The van der Waals surface area contributed by atoms with Crippen molar-refractivity contribution in [3.05, 3.63) is 59.1 Å². The Morgan fingerprint density at radius 2 is 1.70 bits per heavy atom. The van der Waals surface area contributed by atoms with Crippen molar-refractivity contribution >= 4 is 34.8 Å². The molecule has 0 aliphatic rings. The molecule has 2 amide bonds. The monoisotopic (exact) mass is 387 g/mol. The van der Waals surface area contributed by atoms with Crippen molar-refractivity contribution in [3.8, 4) is 0 Å². The summed E-state index contributed by atoms with van der Waals surface area (Å²) < 4.78 is 0. The van der Waals surface area contributed by atoms with Crippen molar-refractivity contribution in [3.63, 3.8) is 0 Å². The molecule has 0 bridgehead atoms. The van der Waals surface area contributed by atoms with Crippen LogP contribution in [0.1, 0.15) is 30.1 Å². The first kappa shape index (κ1) is 20.8. The number of anilines is 2. The van der Waals surface area contributed by atoms with Gasteiger partial charge in [0.15, 0.2) is 0 Å². The van der Waals surface area contributed by atoms with Crippen LogP contribution < -0.4 is 10.2 Å². The highest BCUT2D eigenvalue weighted by atomic mass is 35.5. The van der Waals surface area contributed by atoms with Gasteiger partial charge in [0.25, 0.3) is 5.91 Å². The first-order valence-electron chi connectivity index (χ1n) is 9.03. The first-order chi connectivity index (χ1) is 12.9. The third kappa shape index (κ3) is 6.00. The zero-order valence-electron chi connectivity index (χ0n) is 16.0. The van der Waals surface area contributed by atoms with E-state index in [-0.39, 0.29) is 18.4 Å². The lowest BCUT2D eigenvalue weighted by Crippen LogP contribution is -2.35. The van der Waals surface area contributed by atoms with Gasteiger partial charge in [-0.15, -0.1) is 0 Å². The van der Waals surface area contributed by atoms with Crippen molar-refractivity contribution in [2.45, 2.75) is 19.8 Å². The van der Waals surface area contributed by atoms with Crippen LogP contribution in [-0.2, 0) is 4.79 Å². The summed E-state index contributed by atoms with van der Waals surface area (Å²) in [5, 5.41) is 3.18. The van der Waals surface area contributed by atoms with Crippen LogP contribution in [0, 0.1) is 0 Å². The highest BCUT2D eigenvalue weighted by Gasteiger charge is 2.16. The van der Waals surface area contributed by atoms with Gasteiger partial charge in [-0.1, -0.05) is 37.1 Å². The Labute approximate surface area is 165 Å². The average molecular weight is 388 g/mol. The number of unbranched alkanes of at least 4 members (excludes halogenated alkanes) is 1. The number of carbonyl (C=O) groups excluding carboxylic acids is 2. The van der Waals surface area contributed by atoms with Gasteiger partial charge in [0.05, 0.1) is 17.3 Å². The third-order valence-corrected chi connectivity index (χ3v) is 4.61. The molecule has 0 atom stereocenters. The SMILES string of the molecule is CCCCN(C)c1ccc(C(=O)N(C)CC(=O)Nc2ccccc2Cl)cc1. The number of hydrogen-bond donors (Lipinski definition) is 1. The zero-order valence-corrected chi connectivity index (χ0v) is 16.8. The smallest absolute Gasteiger partial charge is 0.254 e. The molecule has 0 fully saturated rings. The van der Waals surface area contributed by atoms with E-state index in [1.165, 1.54) is 4.90 Å². The van der Waals surface area contributed by atoms with Gasteiger partial charge in [-0.3, -0.25) is 9.59 Å². The van der Waals surface area contributed by atoms with Crippen LogP contribution in [0.3, 0.4) is 0 Å². The molecule has 0 aliphatic carbocycles. The van der Waals surface area contributed by atoms with Gasteiger partial charge < -0.3 is 15.1 Å². The van der Waals surface area contributed by atoms with Gasteiger partial charge >= 0.3 is 0 Å². The fraction of sp³-hybridized carbons (Fsp3) is 0.333. The van der Waals surface area contributed by atoms with Crippen molar-refractivity contribution in [2.24, 2.45) is 0 Å². The lowest BCUT2D eigenvalue weighted by molar-refractivity contribution is -0.116. The molecular formula is C21H26ClN3O2. The molecule has 0 saturated heterocycles. The lowest BCUT2D eigenvalue weighted by Gasteiger charge is -2.20. The Balaban J connectivity index is 1.94. The van der Waals surface area contributed by atoms with E-state index in [9.17, 15) is 9.59 Å². The molecule has 0 spiro atoms. The largest absolute Gasteiger partial charge is 0.375 e. The number of amides is 2. The molecule has 27 heavy (non-hydrogen) atoms. The van der Waals surface area contributed by atoms with Crippen molar-refractivity contribution in [1.82, 2.24) is 4.90 Å². The van der Waals surface area contributed by atoms with Crippen LogP contribution in [0.15, 0.2) is 48.5 Å². The van der Waals surface area contributed by atoms with E-state index >= 15 is 0 Å². The summed E-state index contributed by atoms with van der Waals surface area (Å²) >= 11 is 6.04. The highest BCUT2D eigenvalue weighted by molar-refractivity contribution is 6.33. The van der Waals surface area contributed by atoms with Crippen LogP contribution in [0.25, 0.3) is 0 Å². The van der Waals surface area contributed by atoms with Crippen molar-refractivity contribution < 1.29 is 9.59 Å². The Hall–Kier alpha value is -2.53. The lowest BCUT2D eigenvalue weighted by atomic mass is 10.1. The average Bonchev–Trinajstić information content (AvgIpc) is 2.67. The topological polar surface area (TPSA) is 52.7 Å². The Morgan fingerprint density at radius 1 is 1.04 bits per heavy atom. The minimum absolute atomic E-state index is 0.0534. The molecule has 0 unspecified atom stereocenters. The quantitative estimate of drug-likeness (QED) is 0.735. The summed E-state index contributed by atoms with van der Waals surface area (Å²) in [5.74, 6) is -0.498. The molecule has 0 aromatic heterocycles. The van der Waals surface area contributed by atoms with E-state index in [0.29, 0.717) is 16.3 Å². The number of likely N-dealkylation sites (N-methyl/N-ethyl adjacent to an activating group) is 1. The second-order valence-electron chi connectivity index (χ2n) is 6.51. The maximum absolute atomic E-state index is 12.6. The molecule has 5 nitrogen and oxygen atoms in total. The normalized spacial score (nSPS) is 10.4. The summed E-state index contributed by atoms with van der Waals surface area (Å²) in [5.41, 5.74) is 2.15. The van der Waals surface area contributed by atoms with Gasteiger partial charge in [-0.2, -0.15) is 0 Å². The number of nitrogens with one attached hydrogen (secondary N) is 1. The zero-order chi connectivity index (χ0) is 19.8. The minimum Gasteiger partial charge on any atom is -0.375 e. The third-order valence-electron chi connectivity index (χ3n) is 4.28. The Bertz CT molecular complexity index is 777. The van der Waals surface area contributed by atoms with E-state index in [0.717, 1.165) is 25.1 Å². The number of benzene rings is 2. The van der Waals surface area contributed by atoms with Gasteiger partial charge in [0.1, 0.15) is 0 Å². The van der Waals surface area contributed by atoms with Gasteiger partial charge in [-0.05, 0) is 42.8 Å². The summed E-state index contributed by atoms with van der Waals surface area (Å²) in [6, 6.07) is 14.4. The van der Waals surface area contributed by atoms with Gasteiger partial charge in [0.2, 0.25) is 5.91 Å². The molecule has 0 radical (unpaired) electrons. The molecule has 144 valence electrons. The maximum Gasteiger partial charge on any atom is 0.254 e. The summed E-state index contributed by atoms with van der Waals surface area (Å²) in [7, 11) is 3.65. The molecule has 2 rings (SSSR count). The maximum atomic E-state index is 12.6. The van der Waals surface area contributed by atoms with Crippen LogP contribution >= 0.6 is 11.6 Å². The first-order valence-corrected chi connectivity index (χ1v) is 9.41. The molecule has 1 N–H and O–H groups in total. The fourth-order valence-electron chi connectivity index (χ4n) is 2.64. The van der Waals surface area contributed by atoms with E-state index < -0.39 is 0 Å². The van der Waals surface area contributed by atoms with E-state index in [1.807, 2.05) is 19.2 Å². The molecule has 6 heteroatoms. The Morgan fingerprint density at radius 3 is 2.33 bits per heavy atom. The molecule has 0 heterocycles. The predicted octanol–water partition coefficient (Wildman–Crippen LogP) is 4.29. The fourth-order valence-corrected chi connectivity index (χ4v) is 2.83. The van der Waals surface area contributed by atoms with Gasteiger partial charge in [0, 0.05) is 31.9 Å². The Kier molecular flexibility index (Phi) is 7.67. The number of nitrogens with zero attached hydrogens (tertiary/aromatic N) is 2. The summed E-state index contributed by atoms with van der Waals surface area (Å²) in [4.78, 5) is 28.3. The van der Waals surface area contributed by atoms with Gasteiger partial charge in [-0.25, -0.2) is 0 Å². The molecular weight excluding hydrogens is 362 g/mol. The van der Waals surface area contributed by atoms with E-state index in [1.54, 1.807) is 43.4 Å².